The molecule has 1 aromatic carbocycles. The smallest absolute Gasteiger partial charge is 0.413 e. The largest absolute Gasteiger partial charge is 0.616 e. The van der Waals surface area contributed by atoms with Crippen molar-refractivity contribution in [1.29, 1.82) is 0 Å². The Morgan fingerprint density at radius 3 is 2.85 bits per heavy atom. The normalized spacial score (nSPS) is 19.9. The number of nitrogens with zero attached hydrogens (tertiary/aromatic N) is 2. The van der Waals surface area contributed by atoms with Crippen molar-refractivity contribution in [3.8, 4) is 11.1 Å². The number of carbonyl (C=O) groups excluding carboxylic acids is 1. The number of fused-ring (bicyclic) bond motifs is 2. The van der Waals surface area contributed by atoms with Gasteiger partial charge in [-0.15, -0.1) is 0 Å². The van der Waals surface area contributed by atoms with Crippen LogP contribution in [0.25, 0.3) is 21.9 Å². The second-order valence-electron chi connectivity index (χ2n) is 8.67. The molecule has 1 saturated heterocycles. The number of hydrogen-bond donors (Lipinski definition) is 3. The van der Waals surface area contributed by atoms with Gasteiger partial charge in [0.2, 0.25) is 0 Å². The van der Waals surface area contributed by atoms with Gasteiger partial charge in [0.1, 0.15) is 23.4 Å². The van der Waals surface area contributed by atoms with E-state index in [0.29, 0.717) is 46.2 Å². The monoisotopic (exact) mass is 483 g/mol. The summed E-state index contributed by atoms with van der Waals surface area (Å²) < 4.78 is 32.2. The Kier molecular flexibility index (Phi) is 6.18. The number of halogens is 1. The summed E-state index contributed by atoms with van der Waals surface area (Å²) in [6.45, 7) is 2.81. The van der Waals surface area contributed by atoms with Crippen molar-refractivity contribution in [1.82, 2.24) is 9.97 Å². The Bertz CT molecular complexity index is 1260. The van der Waals surface area contributed by atoms with Crippen molar-refractivity contribution in [2.45, 2.75) is 38.7 Å². The highest BCUT2D eigenvalue weighted by atomic mass is 32.2. The van der Waals surface area contributed by atoms with Gasteiger partial charge in [0.25, 0.3) is 0 Å². The van der Waals surface area contributed by atoms with Crippen LogP contribution in [0.1, 0.15) is 30.5 Å². The number of aromatic nitrogens is 2. The quantitative estimate of drug-likeness (QED) is 0.378. The predicted molar refractivity (Wildman–Crippen MR) is 132 cm³/mol. The molecule has 0 unspecified atom stereocenters. The van der Waals surface area contributed by atoms with Gasteiger partial charge in [0.15, 0.2) is 5.82 Å². The average molecular weight is 484 g/mol. The van der Waals surface area contributed by atoms with Crippen molar-refractivity contribution in [2.24, 2.45) is 0 Å². The molecule has 0 bridgehead atoms. The average Bonchev–Trinajstić information content (AvgIpc) is 2.83. The van der Waals surface area contributed by atoms with Gasteiger partial charge in [-0.2, -0.15) is 0 Å². The van der Waals surface area contributed by atoms with E-state index in [2.05, 4.69) is 20.6 Å². The summed E-state index contributed by atoms with van der Waals surface area (Å²) in [6.07, 6.45) is 5.31. The van der Waals surface area contributed by atoms with Gasteiger partial charge in [-0.05, 0) is 42.8 Å². The lowest BCUT2D eigenvalue weighted by atomic mass is 9.95. The number of hydrogen-bond acceptors (Lipinski definition) is 7. The van der Waals surface area contributed by atoms with Crippen LogP contribution in [0.5, 0.6) is 0 Å². The van der Waals surface area contributed by atoms with E-state index < -0.39 is 23.1 Å². The van der Waals surface area contributed by atoms with E-state index in [9.17, 15) is 9.35 Å². The number of nitrogens with one attached hydrogen (secondary N) is 2. The molecule has 0 spiro atoms. The first-order chi connectivity index (χ1) is 16.4. The molecule has 4 N–H and O–H groups in total. The van der Waals surface area contributed by atoms with Gasteiger partial charge >= 0.3 is 6.09 Å². The first kappa shape index (κ1) is 22.7. The Hall–Kier alpha value is -3.11. The molecule has 4 heterocycles. The number of ether oxygens (including phenoxy) is 1. The molecule has 178 valence electrons. The van der Waals surface area contributed by atoms with Crippen LogP contribution in [-0.4, -0.2) is 44.8 Å². The number of nitrogens with two attached hydrogens (primary N) is 1. The van der Waals surface area contributed by atoms with Crippen molar-refractivity contribution in [2.75, 3.05) is 34.4 Å². The summed E-state index contributed by atoms with van der Waals surface area (Å²) in [7, 11) is 0. The topological polar surface area (TPSA) is 125 Å². The van der Waals surface area contributed by atoms with Gasteiger partial charge in [-0.25, -0.2) is 14.2 Å². The van der Waals surface area contributed by atoms with Crippen LogP contribution < -0.4 is 16.4 Å². The van der Waals surface area contributed by atoms with E-state index in [-0.39, 0.29) is 17.6 Å². The molecule has 8 nitrogen and oxygen atoms in total. The standard InChI is InChI=1S/C24H26FN5O3S/c1-13-17(11-28-19-3-2-6-27-23(13)19)16-9-14-10-20(29-12-18(14)22(26)21(16)25)30-24(31)33-15-4-7-34(32)8-5-15/h9-12,15,27H,2-8,26H2,1H3,(H,29,30,31). The van der Waals surface area contributed by atoms with Gasteiger partial charge in [-0.1, -0.05) is 11.2 Å². The molecular weight excluding hydrogens is 457 g/mol. The first-order valence-corrected chi connectivity index (χ1v) is 12.8. The van der Waals surface area contributed by atoms with Crippen molar-refractivity contribution in [3.63, 3.8) is 0 Å². The second-order valence-corrected chi connectivity index (χ2v) is 10.4. The number of aryl methyl sites for hydroxylation is 1. The Labute approximate surface area is 199 Å². The lowest BCUT2D eigenvalue weighted by Gasteiger charge is -2.24. The number of pyridine rings is 2. The Morgan fingerprint density at radius 1 is 1.26 bits per heavy atom. The van der Waals surface area contributed by atoms with E-state index in [1.807, 2.05) is 6.92 Å². The van der Waals surface area contributed by atoms with Crippen LogP contribution >= 0.6 is 0 Å². The van der Waals surface area contributed by atoms with E-state index in [1.54, 1.807) is 18.3 Å². The maximum Gasteiger partial charge on any atom is 0.413 e. The van der Waals surface area contributed by atoms with Crippen LogP contribution in [-0.2, 0) is 22.3 Å². The van der Waals surface area contributed by atoms with Crippen LogP contribution in [0, 0.1) is 12.7 Å². The number of amides is 1. The molecule has 1 fully saturated rings. The number of anilines is 3. The first-order valence-electron chi connectivity index (χ1n) is 11.3. The van der Waals surface area contributed by atoms with Crippen molar-refractivity contribution in [3.05, 3.63) is 41.6 Å². The summed E-state index contributed by atoms with van der Waals surface area (Å²) in [5, 5.41) is 7.10. The molecule has 0 atom stereocenters. The number of benzene rings is 1. The lowest BCUT2D eigenvalue weighted by molar-refractivity contribution is 0.104. The van der Waals surface area contributed by atoms with Crippen LogP contribution in [0.4, 0.5) is 26.4 Å². The molecule has 2 aliphatic heterocycles. The third kappa shape index (κ3) is 4.35. The zero-order valence-corrected chi connectivity index (χ0v) is 19.6. The van der Waals surface area contributed by atoms with E-state index in [0.717, 1.165) is 36.3 Å². The minimum absolute atomic E-state index is 0.00517. The summed E-state index contributed by atoms with van der Waals surface area (Å²) in [4.78, 5) is 21.1. The Balaban J connectivity index is 1.44. The number of rotatable bonds is 3. The van der Waals surface area contributed by atoms with E-state index >= 15 is 4.39 Å². The summed E-state index contributed by atoms with van der Waals surface area (Å²) in [6, 6.07) is 3.35. The molecule has 1 amide bonds. The third-order valence-corrected chi connectivity index (χ3v) is 7.82. The molecule has 10 heteroatoms. The lowest BCUT2D eigenvalue weighted by Crippen LogP contribution is -2.32. The maximum atomic E-state index is 15.3. The second kappa shape index (κ2) is 9.27. The predicted octanol–water partition coefficient (Wildman–Crippen LogP) is 4.14. The van der Waals surface area contributed by atoms with Crippen LogP contribution in [0.3, 0.4) is 0 Å². The van der Waals surface area contributed by atoms with E-state index in [4.69, 9.17) is 10.5 Å². The molecule has 0 aliphatic carbocycles. The number of nitrogen functional groups attached to an aromatic ring is 1. The van der Waals surface area contributed by atoms with Crippen LogP contribution in [0.2, 0.25) is 0 Å². The van der Waals surface area contributed by atoms with Gasteiger partial charge < -0.3 is 20.3 Å². The molecular formula is C24H26FN5O3S. The van der Waals surface area contributed by atoms with Gasteiger partial charge in [0, 0.05) is 48.3 Å². The summed E-state index contributed by atoms with van der Waals surface area (Å²) >= 11 is -0.830. The van der Waals surface area contributed by atoms with Gasteiger partial charge in [0.05, 0.1) is 17.1 Å². The number of carbonyl (C=O) groups is 1. The highest BCUT2D eigenvalue weighted by molar-refractivity contribution is 7.91. The van der Waals surface area contributed by atoms with E-state index in [1.165, 1.54) is 6.20 Å². The van der Waals surface area contributed by atoms with Crippen molar-refractivity contribution >= 4 is 45.2 Å². The fourth-order valence-electron chi connectivity index (χ4n) is 4.56. The summed E-state index contributed by atoms with van der Waals surface area (Å²) in [5.41, 5.74) is 10.0. The minimum Gasteiger partial charge on any atom is -0.616 e. The third-order valence-electron chi connectivity index (χ3n) is 6.44. The molecule has 2 aromatic heterocycles. The molecule has 0 radical (unpaired) electrons. The minimum atomic E-state index is -0.830. The Morgan fingerprint density at radius 2 is 2.06 bits per heavy atom. The van der Waals surface area contributed by atoms with Crippen LogP contribution in [0.15, 0.2) is 24.5 Å². The fraction of sp³-hybridized carbons (Fsp3) is 0.375. The van der Waals surface area contributed by atoms with Gasteiger partial charge in [-0.3, -0.25) is 10.3 Å². The zero-order valence-electron chi connectivity index (χ0n) is 18.8. The molecule has 2 aliphatic rings. The van der Waals surface area contributed by atoms with Crippen molar-refractivity contribution < 1.29 is 18.5 Å². The highest BCUT2D eigenvalue weighted by Gasteiger charge is 2.25. The maximum absolute atomic E-state index is 15.3. The molecule has 3 aromatic rings. The molecule has 34 heavy (non-hydrogen) atoms. The highest BCUT2D eigenvalue weighted by Crippen LogP contribution is 2.38. The zero-order chi connectivity index (χ0) is 23.8. The molecule has 5 rings (SSSR count). The SMILES string of the molecule is Cc1c(-c2cc3cc(NC(=O)OC4CC[S+]([O-])CC4)ncc3c(N)c2F)cnc2c1NCCC2. The summed E-state index contributed by atoms with van der Waals surface area (Å²) in [5.74, 6) is 0.819. The molecule has 0 saturated carbocycles. The fourth-order valence-corrected chi connectivity index (χ4v) is 5.81.